The van der Waals surface area contributed by atoms with Gasteiger partial charge in [-0.2, -0.15) is 0 Å². The van der Waals surface area contributed by atoms with Gasteiger partial charge in [-0.1, -0.05) is 0 Å². The van der Waals surface area contributed by atoms with Crippen molar-refractivity contribution in [1.82, 2.24) is 9.97 Å². The number of nitrogens with two attached hydrogens (primary N) is 1. The molecule has 20 heavy (non-hydrogen) atoms. The zero-order valence-corrected chi connectivity index (χ0v) is 12.3. The molecule has 0 aliphatic heterocycles. The van der Waals surface area contributed by atoms with Crippen molar-refractivity contribution in [2.45, 2.75) is 31.0 Å². The van der Waals surface area contributed by atoms with Crippen LogP contribution in [0.3, 0.4) is 0 Å². The number of ether oxygens (including phenoxy) is 1. The number of hydrogen-bond donors (Lipinski definition) is 1. The van der Waals surface area contributed by atoms with Crippen molar-refractivity contribution < 1.29 is 13.9 Å². The van der Waals surface area contributed by atoms with E-state index in [9.17, 15) is 4.79 Å². The minimum atomic E-state index is -0.464. The summed E-state index contributed by atoms with van der Waals surface area (Å²) in [6.45, 7) is 5.72. The predicted octanol–water partition coefficient (Wildman–Crippen LogP) is 2.60. The van der Waals surface area contributed by atoms with Crippen LogP contribution < -0.4 is 5.73 Å². The fraction of sp³-hybridized carbons (Fsp3) is 0.308. The Hall–Kier alpha value is -2.02. The largest absolute Gasteiger partial charge is 0.462 e. The van der Waals surface area contributed by atoms with Gasteiger partial charge in [-0.3, -0.25) is 0 Å². The van der Waals surface area contributed by atoms with Crippen LogP contribution in [0, 0.1) is 13.8 Å². The number of carbonyl (C=O) groups excluding carboxylic acids is 1. The Morgan fingerprint density at radius 2 is 2.25 bits per heavy atom. The Morgan fingerprint density at radius 3 is 2.85 bits per heavy atom. The summed E-state index contributed by atoms with van der Waals surface area (Å²) in [5.41, 5.74) is 7.33. The molecule has 6 nitrogen and oxygen atoms in total. The fourth-order valence-electron chi connectivity index (χ4n) is 1.49. The molecule has 0 aromatic carbocycles. The van der Waals surface area contributed by atoms with Crippen molar-refractivity contribution >= 4 is 23.4 Å². The molecule has 0 aliphatic carbocycles. The van der Waals surface area contributed by atoms with E-state index in [4.69, 9.17) is 14.9 Å². The molecule has 0 amide bonds. The highest BCUT2D eigenvalue weighted by Gasteiger charge is 2.17. The van der Waals surface area contributed by atoms with Crippen molar-refractivity contribution in [1.29, 1.82) is 0 Å². The van der Waals surface area contributed by atoms with Gasteiger partial charge in [-0.15, -0.1) is 0 Å². The molecule has 2 heterocycles. The van der Waals surface area contributed by atoms with E-state index in [1.165, 1.54) is 24.0 Å². The molecule has 2 N–H and O–H groups in total. The molecular formula is C13H15N3O3S. The molecule has 2 aromatic heterocycles. The van der Waals surface area contributed by atoms with Crippen molar-refractivity contribution in [3.8, 4) is 0 Å². The lowest BCUT2D eigenvalue weighted by atomic mass is 10.2. The van der Waals surface area contributed by atoms with Crippen LogP contribution in [0.1, 0.15) is 28.7 Å². The summed E-state index contributed by atoms with van der Waals surface area (Å²) in [6, 6.07) is 1.53. The van der Waals surface area contributed by atoms with Gasteiger partial charge in [0, 0.05) is 6.20 Å². The lowest BCUT2D eigenvalue weighted by molar-refractivity contribution is 0.0527. The third-order valence-electron chi connectivity index (χ3n) is 2.64. The first-order valence-corrected chi connectivity index (χ1v) is 6.88. The van der Waals surface area contributed by atoms with E-state index in [-0.39, 0.29) is 5.69 Å². The molecule has 0 saturated heterocycles. The van der Waals surface area contributed by atoms with Crippen LogP contribution in [-0.4, -0.2) is 22.5 Å². The first kappa shape index (κ1) is 14.4. The molecular weight excluding hydrogens is 278 g/mol. The third-order valence-corrected chi connectivity index (χ3v) is 3.51. The second-order valence-electron chi connectivity index (χ2n) is 4.02. The van der Waals surface area contributed by atoms with E-state index in [0.29, 0.717) is 22.4 Å². The Labute approximate surface area is 120 Å². The Balaban J connectivity index is 2.28. The maximum absolute atomic E-state index is 11.8. The highest BCUT2D eigenvalue weighted by molar-refractivity contribution is 7.99. The maximum atomic E-state index is 11.8. The minimum absolute atomic E-state index is 0.268. The van der Waals surface area contributed by atoms with Gasteiger partial charge in [0.1, 0.15) is 10.8 Å². The van der Waals surface area contributed by atoms with Gasteiger partial charge in [0.25, 0.3) is 5.22 Å². The van der Waals surface area contributed by atoms with Gasteiger partial charge < -0.3 is 14.9 Å². The lowest BCUT2D eigenvalue weighted by Gasteiger charge is -2.07. The molecule has 2 rings (SSSR count). The number of nitrogen functional groups attached to an aromatic ring is 1. The van der Waals surface area contributed by atoms with Crippen LogP contribution in [0.15, 0.2) is 26.9 Å². The van der Waals surface area contributed by atoms with E-state index in [0.717, 1.165) is 11.5 Å². The predicted molar refractivity (Wildman–Crippen MR) is 74.7 cm³/mol. The van der Waals surface area contributed by atoms with E-state index in [1.54, 1.807) is 6.92 Å². The summed E-state index contributed by atoms with van der Waals surface area (Å²) in [4.78, 5) is 20.1. The molecule has 106 valence electrons. The van der Waals surface area contributed by atoms with Gasteiger partial charge in [-0.05, 0) is 38.6 Å². The van der Waals surface area contributed by atoms with Crippen LogP contribution in [-0.2, 0) is 4.74 Å². The number of aryl methyl sites for hydroxylation is 2. The first-order valence-electron chi connectivity index (χ1n) is 6.06. The van der Waals surface area contributed by atoms with Gasteiger partial charge in [-0.25, -0.2) is 14.8 Å². The number of nitrogens with zero attached hydrogens (tertiary/aromatic N) is 2. The molecule has 0 aliphatic rings. The number of esters is 1. The van der Waals surface area contributed by atoms with Crippen LogP contribution >= 0.6 is 11.8 Å². The lowest BCUT2D eigenvalue weighted by Crippen LogP contribution is -2.09. The average Bonchev–Trinajstić information content (AvgIpc) is 2.71. The van der Waals surface area contributed by atoms with Crippen LogP contribution in [0.25, 0.3) is 0 Å². The Bertz CT molecular complexity index is 620. The average molecular weight is 293 g/mol. The van der Waals surface area contributed by atoms with E-state index in [1.807, 2.05) is 13.8 Å². The minimum Gasteiger partial charge on any atom is -0.462 e. The Kier molecular flexibility index (Phi) is 4.29. The number of hydrogen-bond acceptors (Lipinski definition) is 7. The highest BCUT2D eigenvalue weighted by Crippen LogP contribution is 2.32. The quantitative estimate of drug-likeness (QED) is 0.866. The van der Waals surface area contributed by atoms with Crippen molar-refractivity contribution in [2.24, 2.45) is 0 Å². The van der Waals surface area contributed by atoms with E-state index >= 15 is 0 Å². The van der Waals surface area contributed by atoms with Gasteiger partial charge in [0.2, 0.25) is 0 Å². The SMILES string of the molecule is CCOC(=O)c1ccnc(Sc2nc(C)c(C)o2)c1N. The summed E-state index contributed by atoms with van der Waals surface area (Å²) in [6.07, 6.45) is 1.51. The van der Waals surface area contributed by atoms with Crippen LogP contribution in [0.5, 0.6) is 0 Å². The number of rotatable bonds is 4. The number of oxazole rings is 1. The Morgan fingerprint density at radius 1 is 1.50 bits per heavy atom. The standard InChI is InChI=1S/C13H15N3O3S/c1-4-18-12(17)9-5-6-15-11(10(9)14)20-13-16-7(2)8(3)19-13/h5-6H,4,14H2,1-3H3. The number of carbonyl (C=O) groups is 1. The number of pyridine rings is 1. The number of anilines is 1. The summed E-state index contributed by atoms with van der Waals surface area (Å²) < 4.78 is 10.4. The molecule has 0 saturated carbocycles. The maximum Gasteiger partial charge on any atom is 0.340 e. The molecule has 0 bridgehead atoms. The molecule has 0 radical (unpaired) electrons. The van der Waals surface area contributed by atoms with Crippen molar-refractivity contribution in [2.75, 3.05) is 12.3 Å². The highest BCUT2D eigenvalue weighted by atomic mass is 32.2. The van der Waals surface area contributed by atoms with Gasteiger partial charge in [0.05, 0.1) is 23.6 Å². The molecule has 2 aromatic rings. The molecule has 0 spiro atoms. The van der Waals surface area contributed by atoms with E-state index in [2.05, 4.69) is 9.97 Å². The second kappa shape index (κ2) is 5.96. The smallest absolute Gasteiger partial charge is 0.340 e. The van der Waals surface area contributed by atoms with Crippen molar-refractivity contribution in [3.63, 3.8) is 0 Å². The summed E-state index contributed by atoms with van der Waals surface area (Å²) in [5, 5.41) is 0.914. The normalized spacial score (nSPS) is 10.6. The zero-order valence-electron chi connectivity index (χ0n) is 11.5. The molecule has 0 atom stereocenters. The second-order valence-corrected chi connectivity index (χ2v) is 4.96. The van der Waals surface area contributed by atoms with E-state index < -0.39 is 5.97 Å². The molecule has 0 fully saturated rings. The molecule has 7 heteroatoms. The van der Waals surface area contributed by atoms with Gasteiger partial charge in [0.15, 0.2) is 0 Å². The monoisotopic (exact) mass is 293 g/mol. The van der Waals surface area contributed by atoms with Crippen molar-refractivity contribution in [3.05, 3.63) is 29.3 Å². The summed E-state index contributed by atoms with van der Waals surface area (Å²) in [7, 11) is 0. The third kappa shape index (κ3) is 2.93. The summed E-state index contributed by atoms with van der Waals surface area (Å²) in [5.74, 6) is 0.279. The first-order chi connectivity index (χ1) is 9.52. The number of aromatic nitrogens is 2. The summed E-state index contributed by atoms with van der Waals surface area (Å²) >= 11 is 1.18. The van der Waals surface area contributed by atoms with Crippen LogP contribution in [0.2, 0.25) is 0 Å². The molecule has 0 unspecified atom stereocenters. The fourth-order valence-corrected chi connectivity index (χ4v) is 2.34. The topological polar surface area (TPSA) is 91.2 Å². The van der Waals surface area contributed by atoms with Crippen LogP contribution in [0.4, 0.5) is 5.69 Å². The zero-order chi connectivity index (χ0) is 14.7. The van der Waals surface area contributed by atoms with Gasteiger partial charge >= 0.3 is 5.97 Å².